The highest BCUT2D eigenvalue weighted by Crippen LogP contribution is 2.14. The van der Waals surface area contributed by atoms with E-state index in [1.54, 1.807) is 24.3 Å². The minimum atomic E-state index is -0.934. The van der Waals surface area contributed by atoms with E-state index in [0.29, 0.717) is 13.1 Å². The van der Waals surface area contributed by atoms with E-state index < -0.39 is 5.97 Å². The van der Waals surface area contributed by atoms with Crippen LogP contribution in [0.2, 0.25) is 0 Å². The van der Waals surface area contributed by atoms with Crippen LogP contribution in [0.4, 0.5) is 4.79 Å². The van der Waals surface area contributed by atoms with Crippen LogP contribution in [0, 0.1) is 0 Å². The molecule has 2 atom stereocenters. The zero-order valence-electron chi connectivity index (χ0n) is 10.6. The van der Waals surface area contributed by atoms with E-state index in [0.717, 1.165) is 5.56 Å². The summed E-state index contributed by atoms with van der Waals surface area (Å²) in [5.74, 6) is -0.934. The number of benzene rings is 1. The van der Waals surface area contributed by atoms with E-state index in [-0.39, 0.29) is 23.8 Å². The second-order valence-electron chi connectivity index (χ2n) is 4.47. The second-order valence-corrected chi connectivity index (χ2v) is 4.47. The van der Waals surface area contributed by atoms with Crippen LogP contribution in [0.1, 0.15) is 28.9 Å². The van der Waals surface area contributed by atoms with Crippen LogP contribution in [-0.2, 0) is 4.74 Å². The number of ether oxygens (including phenoxy) is 1. The van der Waals surface area contributed by atoms with E-state index in [4.69, 9.17) is 9.84 Å². The second kappa shape index (κ2) is 5.71. The van der Waals surface area contributed by atoms with E-state index in [1.165, 1.54) is 0 Å². The van der Waals surface area contributed by atoms with Gasteiger partial charge in [-0.25, -0.2) is 9.59 Å². The third-order valence-electron chi connectivity index (χ3n) is 3.06. The SMILES string of the molecule is C[C@H](NCC1CNC(=O)O1)c1ccc(C(=O)O)cc1. The molecule has 0 spiro atoms. The Hall–Kier alpha value is -2.08. The van der Waals surface area contributed by atoms with Gasteiger partial charge in [0.15, 0.2) is 0 Å². The predicted octanol–water partition coefficient (Wildman–Crippen LogP) is 1.14. The van der Waals surface area contributed by atoms with Gasteiger partial charge in [0, 0.05) is 12.6 Å². The van der Waals surface area contributed by atoms with Gasteiger partial charge >= 0.3 is 12.1 Å². The molecule has 1 saturated heterocycles. The Bertz CT molecular complexity index is 472. The number of hydrogen-bond acceptors (Lipinski definition) is 4. The van der Waals surface area contributed by atoms with Crippen molar-refractivity contribution in [3.05, 3.63) is 35.4 Å². The summed E-state index contributed by atoms with van der Waals surface area (Å²) >= 11 is 0. The Labute approximate surface area is 110 Å². The Morgan fingerprint density at radius 2 is 2.21 bits per heavy atom. The van der Waals surface area contributed by atoms with Gasteiger partial charge in [0.25, 0.3) is 0 Å². The van der Waals surface area contributed by atoms with E-state index in [2.05, 4.69) is 10.6 Å². The molecule has 1 aliphatic rings. The van der Waals surface area contributed by atoms with Crippen molar-refractivity contribution in [3.8, 4) is 0 Å². The lowest BCUT2D eigenvalue weighted by atomic mass is 10.1. The number of amides is 1. The number of cyclic esters (lactones) is 1. The molecule has 1 heterocycles. The number of nitrogens with one attached hydrogen (secondary N) is 2. The molecule has 6 nitrogen and oxygen atoms in total. The van der Waals surface area contributed by atoms with Crippen LogP contribution in [0.15, 0.2) is 24.3 Å². The number of carbonyl (C=O) groups is 2. The number of rotatable bonds is 5. The van der Waals surface area contributed by atoms with Crippen LogP contribution in [0.5, 0.6) is 0 Å². The van der Waals surface area contributed by atoms with Crippen LogP contribution in [0.3, 0.4) is 0 Å². The molecule has 0 saturated carbocycles. The van der Waals surface area contributed by atoms with Crippen LogP contribution < -0.4 is 10.6 Å². The smallest absolute Gasteiger partial charge is 0.407 e. The van der Waals surface area contributed by atoms with Crippen molar-refractivity contribution in [3.63, 3.8) is 0 Å². The fraction of sp³-hybridized carbons (Fsp3) is 0.385. The first-order valence-electron chi connectivity index (χ1n) is 6.07. The molecule has 1 amide bonds. The third kappa shape index (κ3) is 3.45. The molecule has 1 unspecified atom stereocenters. The lowest BCUT2D eigenvalue weighted by Gasteiger charge is -2.16. The van der Waals surface area contributed by atoms with Crippen molar-refractivity contribution in [1.82, 2.24) is 10.6 Å². The first-order valence-corrected chi connectivity index (χ1v) is 6.07. The van der Waals surface area contributed by atoms with Crippen LogP contribution in [0.25, 0.3) is 0 Å². The predicted molar refractivity (Wildman–Crippen MR) is 68.1 cm³/mol. The molecular weight excluding hydrogens is 248 g/mol. The molecule has 0 aliphatic carbocycles. The van der Waals surface area contributed by atoms with Crippen molar-refractivity contribution < 1.29 is 19.4 Å². The topological polar surface area (TPSA) is 87.7 Å². The molecule has 0 radical (unpaired) electrons. The zero-order valence-corrected chi connectivity index (χ0v) is 10.6. The average molecular weight is 264 g/mol. The highest BCUT2D eigenvalue weighted by atomic mass is 16.6. The number of carboxylic acid groups (broad SMARTS) is 1. The molecule has 1 aliphatic heterocycles. The largest absolute Gasteiger partial charge is 0.478 e. The van der Waals surface area contributed by atoms with Gasteiger partial charge in [-0.1, -0.05) is 12.1 Å². The molecule has 3 N–H and O–H groups in total. The maximum Gasteiger partial charge on any atom is 0.407 e. The Balaban J connectivity index is 1.87. The zero-order chi connectivity index (χ0) is 13.8. The fourth-order valence-electron chi connectivity index (χ4n) is 1.89. The standard InChI is InChI=1S/C13H16N2O4/c1-8(14-6-11-7-15-13(18)19-11)9-2-4-10(5-3-9)12(16)17/h2-5,8,11,14H,6-7H2,1H3,(H,15,18)(H,16,17)/t8-,11?/m0/s1. The summed E-state index contributed by atoms with van der Waals surface area (Å²) in [6, 6.07) is 6.77. The molecule has 102 valence electrons. The molecule has 1 aromatic carbocycles. The number of aromatic carboxylic acids is 1. The minimum Gasteiger partial charge on any atom is -0.478 e. The van der Waals surface area contributed by atoms with Crippen molar-refractivity contribution in [2.24, 2.45) is 0 Å². The van der Waals surface area contributed by atoms with Crippen molar-refractivity contribution in [1.29, 1.82) is 0 Å². The number of carboxylic acids is 1. The summed E-state index contributed by atoms with van der Waals surface area (Å²) in [4.78, 5) is 21.6. The highest BCUT2D eigenvalue weighted by molar-refractivity contribution is 5.87. The lowest BCUT2D eigenvalue weighted by Crippen LogP contribution is -2.31. The molecule has 1 aromatic rings. The summed E-state index contributed by atoms with van der Waals surface area (Å²) in [5, 5.41) is 14.6. The van der Waals surface area contributed by atoms with Crippen LogP contribution >= 0.6 is 0 Å². The first-order chi connectivity index (χ1) is 9.06. The van der Waals surface area contributed by atoms with Gasteiger partial charge in [-0.15, -0.1) is 0 Å². The monoisotopic (exact) mass is 264 g/mol. The summed E-state index contributed by atoms with van der Waals surface area (Å²) in [5.41, 5.74) is 1.26. The fourth-order valence-corrected chi connectivity index (χ4v) is 1.89. The van der Waals surface area contributed by atoms with Crippen molar-refractivity contribution in [2.75, 3.05) is 13.1 Å². The molecule has 0 aromatic heterocycles. The molecule has 2 rings (SSSR count). The van der Waals surface area contributed by atoms with E-state index >= 15 is 0 Å². The van der Waals surface area contributed by atoms with E-state index in [1.807, 2.05) is 6.92 Å². The molecule has 19 heavy (non-hydrogen) atoms. The van der Waals surface area contributed by atoms with Gasteiger partial charge in [-0.3, -0.25) is 0 Å². The number of hydrogen-bond donors (Lipinski definition) is 3. The third-order valence-corrected chi connectivity index (χ3v) is 3.06. The summed E-state index contributed by atoms with van der Waals surface area (Å²) in [6.07, 6.45) is -0.543. The summed E-state index contributed by atoms with van der Waals surface area (Å²) in [6.45, 7) is 3.04. The van der Waals surface area contributed by atoms with Gasteiger partial charge in [0.05, 0.1) is 12.1 Å². The maximum atomic E-state index is 10.9. The Morgan fingerprint density at radius 3 is 2.74 bits per heavy atom. The van der Waals surface area contributed by atoms with Gasteiger partial charge in [-0.05, 0) is 24.6 Å². The van der Waals surface area contributed by atoms with Gasteiger partial charge < -0.3 is 20.5 Å². The van der Waals surface area contributed by atoms with E-state index in [9.17, 15) is 9.59 Å². The van der Waals surface area contributed by atoms with Crippen molar-refractivity contribution >= 4 is 12.1 Å². The van der Waals surface area contributed by atoms with Gasteiger partial charge in [0.2, 0.25) is 0 Å². The number of alkyl carbamates (subject to hydrolysis) is 1. The molecular formula is C13H16N2O4. The van der Waals surface area contributed by atoms with Crippen LogP contribution in [-0.4, -0.2) is 36.4 Å². The first kappa shape index (κ1) is 13.4. The summed E-state index contributed by atoms with van der Waals surface area (Å²) < 4.78 is 5.01. The summed E-state index contributed by atoms with van der Waals surface area (Å²) in [7, 11) is 0. The lowest BCUT2D eigenvalue weighted by molar-refractivity contribution is 0.0696. The molecule has 0 bridgehead atoms. The van der Waals surface area contributed by atoms with Crippen molar-refractivity contribution in [2.45, 2.75) is 19.1 Å². The Morgan fingerprint density at radius 1 is 1.53 bits per heavy atom. The normalized spacial score (nSPS) is 19.6. The van der Waals surface area contributed by atoms with Gasteiger partial charge in [-0.2, -0.15) is 0 Å². The minimum absolute atomic E-state index is 0.0575. The highest BCUT2D eigenvalue weighted by Gasteiger charge is 2.22. The van der Waals surface area contributed by atoms with Gasteiger partial charge in [0.1, 0.15) is 6.10 Å². The maximum absolute atomic E-state index is 10.9. The Kier molecular flexibility index (Phi) is 4.01. The average Bonchev–Trinajstić information content (AvgIpc) is 2.82. The quantitative estimate of drug-likeness (QED) is 0.742. The molecule has 1 fully saturated rings. The number of carbonyl (C=O) groups excluding carboxylic acids is 1. The molecule has 6 heteroatoms.